The Balaban J connectivity index is 1.88. The van der Waals surface area contributed by atoms with E-state index in [4.69, 9.17) is 5.73 Å². The molecule has 0 aromatic rings. The zero-order chi connectivity index (χ0) is 16.4. The fourth-order valence-electron chi connectivity index (χ4n) is 3.70. The number of piperazine rings is 1. The van der Waals surface area contributed by atoms with Crippen LogP contribution >= 0.6 is 0 Å². The van der Waals surface area contributed by atoms with Gasteiger partial charge >= 0.3 is 0 Å². The maximum atomic E-state index is 10.1. The first-order valence-corrected chi connectivity index (χ1v) is 8.87. The van der Waals surface area contributed by atoms with Crippen molar-refractivity contribution in [2.45, 2.75) is 70.2 Å². The molecular weight excluding hydrogens is 276 g/mol. The van der Waals surface area contributed by atoms with E-state index in [-0.39, 0.29) is 23.2 Å². The summed E-state index contributed by atoms with van der Waals surface area (Å²) in [5, 5.41) is 13.5. The lowest BCUT2D eigenvalue weighted by atomic mass is 9.85. The number of aliphatic hydroxyl groups is 1. The predicted molar refractivity (Wildman–Crippen MR) is 92.0 cm³/mol. The number of nitrogens with zero attached hydrogens (tertiary/aromatic N) is 2. The molecule has 0 spiro atoms. The van der Waals surface area contributed by atoms with Crippen LogP contribution in [0, 0.1) is 0 Å². The van der Waals surface area contributed by atoms with Crippen LogP contribution in [-0.4, -0.2) is 77.4 Å². The van der Waals surface area contributed by atoms with Gasteiger partial charge in [0, 0.05) is 56.4 Å². The molecule has 130 valence electrons. The van der Waals surface area contributed by atoms with E-state index in [9.17, 15) is 5.11 Å². The summed E-state index contributed by atoms with van der Waals surface area (Å²) in [5.41, 5.74) is 6.29. The molecule has 2 saturated heterocycles. The molecule has 0 saturated carbocycles. The molecule has 2 fully saturated rings. The summed E-state index contributed by atoms with van der Waals surface area (Å²) in [5.74, 6) is 0. The summed E-state index contributed by atoms with van der Waals surface area (Å²) in [6, 6.07) is -0.0515. The van der Waals surface area contributed by atoms with Crippen LogP contribution in [0.25, 0.3) is 0 Å². The number of β-amino-alcohol motifs (C(OH)–C–C–N with tert-alkyl or cyclic N) is 1. The zero-order valence-electron chi connectivity index (χ0n) is 14.9. The van der Waals surface area contributed by atoms with Crippen LogP contribution in [0.1, 0.15) is 47.0 Å². The fourth-order valence-corrected chi connectivity index (χ4v) is 3.70. The van der Waals surface area contributed by atoms with Crippen molar-refractivity contribution in [2.24, 2.45) is 5.73 Å². The lowest BCUT2D eigenvalue weighted by Crippen LogP contribution is -2.58. The predicted octanol–water partition coefficient (Wildman–Crippen LogP) is 0.623. The molecule has 5 heteroatoms. The number of rotatable bonds is 5. The van der Waals surface area contributed by atoms with Crippen LogP contribution in [0.4, 0.5) is 0 Å². The smallest absolute Gasteiger partial charge is 0.0818 e. The van der Waals surface area contributed by atoms with Crippen molar-refractivity contribution in [3.05, 3.63) is 0 Å². The average molecular weight is 313 g/mol. The highest BCUT2D eigenvalue weighted by Gasteiger charge is 2.36. The summed E-state index contributed by atoms with van der Waals surface area (Å²) in [6.07, 6.45) is 2.84. The van der Waals surface area contributed by atoms with Gasteiger partial charge in [0.25, 0.3) is 0 Å². The summed E-state index contributed by atoms with van der Waals surface area (Å²) in [6.45, 7) is 15.6. The molecule has 2 aliphatic rings. The number of likely N-dealkylation sites (tertiary alicyclic amines) is 1. The van der Waals surface area contributed by atoms with Gasteiger partial charge < -0.3 is 16.2 Å². The molecular formula is C17H36N4O. The molecule has 2 atom stereocenters. The van der Waals surface area contributed by atoms with E-state index in [1.807, 2.05) is 0 Å². The quantitative estimate of drug-likeness (QED) is 0.695. The highest BCUT2D eigenvalue weighted by atomic mass is 16.3. The molecule has 2 rings (SSSR count). The Morgan fingerprint density at radius 2 is 1.55 bits per heavy atom. The normalized spacial score (nSPS) is 29.7. The molecule has 5 nitrogen and oxygen atoms in total. The van der Waals surface area contributed by atoms with Gasteiger partial charge in [0.1, 0.15) is 0 Å². The number of aliphatic hydroxyl groups excluding tert-OH is 1. The third kappa shape index (κ3) is 4.42. The monoisotopic (exact) mass is 312 g/mol. The minimum Gasteiger partial charge on any atom is -0.390 e. The van der Waals surface area contributed by atoms with Gasteiger partial charge in [-0.05, 0) is 47.0 Å². The molecule has 4 N–H and O–H groups in total. The Hall–Kier alpha value is -0.200. The van der Waals surface area contributed by atoms with E-state index < -0.39 is 0 Å². The molecule has 0 radical (unpaired) electrons. The third-order valence-electron chi connectivity index (χ3n) is 5.81. The van der Waals surface area contributed by atoms with Crippen molar-refractivity contribution < 1.29 is 5.11 Å². The highest BCUT2D eigenvalue weighted by Crippen LogP contribution is 2.30. The number of piperidine rings is 1. The molecule has 2 unspecified atom stereocenters. The molecule has 0 aromatic carbocycles. The van der Waals surface area contributed by atoms with Crippen molar-refractivity contribution in [1.82, 2.24) is 15.1 Å². The Morgan fingerprint density at radius 3 is 2.09 bits per heavy atom. The molecule has 2 heterocycles. The Kier molecular flexibility index (Phi) is 5.89. The SMILES string of the molecule is CC(C)(CCC(C)(C)N1CCC(N)C(O)C1)N1CCNCC1. The molecule has 0 amide bonds. The summed E-state index contributed by atoms with van der Waals surface area (Å²) >= 11 is 0. The molecule has 0 aromatic heterocycles. The average Bonchev–Trinajstić information content (AvgIpc) is 2.49. The fraction of sp³-hybridized carbons (Fsp3) is 1.00. The second kappa shape index (κ2) is 7.14. The van der Waals surface area contributed by atoms with Gasteiger partial charge in [-0.25, -0.2) is 0 Å². The van der Waals surface area contributed by atoms with E-state index in [1.54, 1.807) is 0 Å². The van der Waals surface area contributed by atoms with Crippen molar-refractivity contribution in [1.29, 1.82) is 0 Å². The van der Waals surface area contributed by atoms with Gasteiger partial charge in [0.15, 0.2) is 0 Å². The summed E-state index contributed by atoms with van der Waals surface area (Å²) in [7, 11) is 0. The van der Waals surface area contributed by atoms with Gasteiger partial charge in [-0.3, -0.25) is 9.80 Å². The zero-order valence-corrected chi connectivity index (χ0v) is 14.9. The number of nitrogens with one attached hydrogen (secondary N) is 1. The topological polar surface area (TPSA) is 64.8 Å². The maximum absolute atomic E-state index is 10.1. The van der Waals surface area contributed by atoms with Crippen LogP contribution in [0.3, 0.4) is 0 Å². The van der Waals surface area contributed by atoms with E-state index in [0.29, 0.717) is 6.54 Å². The van der Waals surface area contributed by atoms with Crippen molar-refractivity contribution in [3.8, 4) is 0 Å². The standard InChI is InChI=1S/C17H36N4O/c1-16(2,20-11-8-19-9-12-20)6-7-17(3,4)21-10-5-14(18)15(22)13-21/h14-15,19,22H,5-13,18H2,1-4H3. The van der Waals surface area contributed by atoms with Gasteiger partial charge in [-0.2, -0.15) is 0 Å². The van der Waals surface area contributed by atoms with Gasteiger partial charge in [0.05, 0.1) is 6.10 Å². The van der Waals surface area contributed by atoms with Gasteiger partial charge in [-0.15, -0.1) is 0 Å². The Labute approximate surface area is 136 Å². The van der Waals surface area contributed by atoms with Gasteiger partial charge in [-0.1, -0.05) is 0 Å². The summed E-state index contributed by atoms with van der Waals surface area (Å²) in [4.78, 5) is 5.04. The second-order valence-electron chi connectivity index (χ2n) is 8.33. The first kappa shape index (κ1) is 18.1. The van der Waals surface area contributed by atoms with Crippen molar-refractivity contribution in [3.63, 3.8) is 0 Å². The third-order valence-corrected chi connectivity index (χ3v) is 5.81. The van der Waals surface area contributed by atoms with Crippen LogP contribution in [0.15, 0.2) is 0 Å². The lowest BCUT2D eigenvalue weighted by molar-refractivity contribution is -0.00787. The Morgan fingerprint density at radius 1 is 1.00 bits per heavy atom. The first-order valence-electron chi connectivity index (χ1n) is 8.87. The highest BCUT2D eigenvalue weighted by molar-refractivity contribution is 4.93. The summed E-state index contributed by atoms with van der Waals surface area (Å²) < 4.78 is 0. The van der Waals surface area contributed by atoms with Gasteiger partial charge in [0.2, 0.25) is 0 Å². The van der Waals surface area contributed by atoms with Crippen LogP contribution < -0.4 is 11.1 Å². The largest absolute Gasteiger partial charge is 0.390 e. The van der Waals surface area contributed by atoms with E-state index in [0.717, 1.165) is 45.6 Å². The van der Waals surface area contributed by atoms with Crippen LogP contribution in [0.2, 0.25) is 0 Å². The number of nitrogens with two attached hydrogens (primary N) is 1. The van der Waals surface area contributed by atoms with Crippen molar-refractivity contribution >= 4 is 0 Å². The van der Waals surface area contributed by atoms with Crippen LogP contribution in [0.5, 0.6) is 0 Å². The molecule has 0 bridgehead atoms. The molecule has 2 aliphatic heterocycles. The van der Waals surface area contributed by atoms with Crippen LogP contribution in [-0.2, 0) is 0 Å². The van der Waals surface area contributed by atoms with E-state index in [1.165, 1.54) is 6.42 Å². The number of hydrogen-bond acceptors (Lipinski definition) is 5. The number of hydrogen-bond donors (Lipinski definition) is 3. The first-order chi connectivity index (χ1) is 10.2. The molecule has 0 aliphatic carbocycles. The van der Waals surface area contributed by atoms with Crippen molar-refractivity contribution in [2.75, 3.05) is 39.3 Å². The minimum atomic E-state index is -0.380. The second-order valence-corrected chi connectivity index (χ2v) is 8.33. The Bertz CT molecular complexity index is 353. The minimum absolute atomic E-state index is 0.0515. The van der Waals surface area contributed by atoms with E-state index >= 15 is 0 Å². The molecule has 22 heavy (non-hydrogen) atoms. The maximum Gasteiger partial charge on any atom is 0.0818 e. The van der Waals surface area contributed by atoms with E-state index in [2.05, 4.69) is 42.8 Å². The lowest BCUT2D eigenvalue weighted by Gasteiger charge is -2.47.